The lowest BCUT2D eigenvalue weighted by atomic mass is 10.1. The first-order chi connectivity index (χ1) is 9.59. The van der Waals surface area contributed by atoms with Crippen molar-refractivity contribution in [3.8, 4) is 0 Å². The summed E-state index contributed by atoms with van der Waals surface area (Å²) in [6.45, 7) is 0.523. The molecule has 0 N–H and O–H groups in total. The maximum Gasteiger partial charge on any atom is 0.256 e. The second kappa shape index (κ2) is 6.61. The summed E-state index contributed by atoms with van der Waals surface area (Å²) in [7, 11) is 1.67. The summed E-state index contributed by atoms with van der Waals surface area (Å²) in [5.41, 5.74) is 1.17. The predicted molar refractivity (Wildman–Crippen MR) is 79.0 cm³/mol. The first kappa shape index (κ1) is 14.7. The van der Waals surface area contributed by atoms with Crippen molar-refractivity contribution in [2.45, 2.75) is 6.42 Å². The molecule has 0 unspecified atom stereocenters. The van der Waals surface area contributed by atoms with Gasteiger partial charge in [0.1, 0.15) is 5.82 Å². The Morgan fingerprint density at radius 3 is 2.70 bits per heavy atom. The monoisotopic (exact) mass is 336 g/mol. The molecule has 0 saturated carbocycles. The van der Waals surface area contributed by atoms with Crippen LogP contribution in [0.4, 0.5) is 4.39 Å². The van der Waals surface area contributed by atoms with Crippen molar-refractivity contribution in [2.75, 3.05) is 13.6 Å². The molecule has 20 heavy (non-hydrogen) atoms. The number of pyridine rings is 1. The Morgan fingerprint density at radius 1 is 1.30 bits per heavy atom. The molecule has 0 aliphatic rings. The van der Waals surface area contributed by atoms with Gasteiger partial charge in [-0.3, -0.25) is 9.78 Å². The highest BCUT2D eigenvalue weighted by molar-refractivity contribution is 9.10. The van der Waals surface area contributed by atoms with Crippen molar-refractivity contribution in [3.05, 3.63) is 64.1 Å². The molecule has 0 aliphatic heterocycles. The van der Waals surface area contributed by atoms with Gasteiger partial charge in [0.05, 0.1) is 10.0 Å². The van der Waals surface area contributed by atoms with Gasteiger partial charge in [0, 0.05) is 26.0 Å². The number of rotatable bonds is 4. The Kier molecular flexibility index (Phi) is 4.84. The second-order valence-corrected chi connectivity index (χ2v) is 5.29. The standard InChI is InChI=1S/C15H14BrFN2O/c1-19(10-7-11-5-8-18-9-6-11)15(20)12-3-2-4-13(16)14(12)17/h2-6,8-9H,7,10H2,1H3. The van der Waals surface area contributed by atoms with E-state index in [9.17, 15) is 9.18 Å². The van der Waals surface area contributed by atoms with E-state index >= 15 is 0 Å². The molecule has 5 heteroatoms. The summed E-state index contributed by atoms with van der Waals surface area (Å²) in [5.74, 6) is -0.842. The van der Waals surface area contributed by atoms with Crippen LogP contribution in [0.3, 0.4) is 0 Å². The van der Waals surface area contributed by atoms with Crippen LogP contribution in [0.15, 0.2) is 47.2 Å². The first-order valence-corrected chi connectivity index (χ1v) is 6.97. The fourth-order valence-corrected chi connectivity index (χ4v) is 2.19. The molecule has 0 saturated heterocycles. The Labute approximate surface area is 125 Å². The third kappa shape index (κ3) is 3.42. The molecule has 104 valence electrons. The molecular weight excluding hydrogens is 323 g/mol. The Morgan fingerprint density at radius 2 is 2.00 bits per heavy atom. The number of amides is 1. The quantitative estimate of drug-likeness (QED) is 0.858. The molecule has 1 aromatic carbocycles. The number of hydrogen-bond acceptors (Lipinski definition) is 2. The molecule has 1 amide bonds. The largest absolute Gasteiger partial charge is 0.341 e. The lowest BCUT2D eigenvalue weighted by Crippen LogP contribution is -2.29. The van der Waals surface area contributed by atoms with Gasteiger partial charge in [-0.1, -0.05) is 6.07 Å². The smallest absolute Gasteiger partial charge is 0.256 e. The van der Waals surface area contributed by atoms with E-state index in [0.717, 1.165) is 5.56 Å². The molecule has 0 bridgehead atoms. The van der Waals surface area contributed by atoms with E-state index in [4.69, 9.17) is 0 Å². The van der Waals surface area contributed by atoms with E-state index in [1.165, 1.54) is 11.0 Å². The van der Waals surface area contributed by atoms with Gasteiger partial charge < -0.3 is 4.90 Å². The van der Waals surface area contributed by atoms with Crippen molar-refractivity contribution in [3.63, 3.8) is 0 Å². The molecule has 0 radical (unpaired) electrons. The number of nitrogens with zero attached hydrogens (tertiary/aromatic N) is 2. The Balaban J connectivity index is 2.04. The van der Waals surface area contributed by atoms with E-state index < -0.39 is 5.82 Å². The fourth-order valence-electron chi connectivity index (χ4n) is 1.82. The van der Waals surface area contributed by atoms with Crippen molar-refractivity contribution in [2.24, 2.45) is 0 Å². The number of carbonyl (C=O) groups excluding carboxylic acids is 1. The molecule has 1 heterocycles. The van der Waals surface area contributed by atoms with Crippen LogP contribution >= 0.6 is 15.9 Å². The highest BCUT2D eigenvalue weighted by Gasteiger charge is 2.17. The lowest BCUT2D eigenvalue weighted by molar-refractivity contribution is 0.0792. The van der Waals surface area contributed by atoms with E-state index in [1.807, 2.05) is 12.1 Å². The van der Waals surface area contributed by atoms with E-state index in [-0.39, 0.29) is 11.5 Å². The van der Waals surface area contributed by atoms with Crippen LogP contribution in [0.1, 0.15) is 15.9 Å². The van der Waals surface area contributed by atoms with Crippen molar-refractivity contribution in [1.82, 2.24) is 9.88 Å². The van der Waals surface area contributed by atoms with Crippen molar-refractivity contribution < 1.29 is 9.18 Å². The van der Waals surface area contributed by atoms with Gasteiger partial charge in [-0.05, 0) is 52.2 Å². The van der Waals surface area contributed by atoms with E-state index in [1.54, 1.807) is 31.6 Å². The minimum absolute atomic E-state index is 0.0802. The van der Waals surface area contributed by atoms with Gasteiger partial charge in [0.2, 0.25) is 0 Å². The molecule has 2 aromatic rings. The number of likely N-dealkylation sites (N-methyl/N-ethyl adjacent to an activating group) is 1. The zero-order valence-electron chi connectivity index (χ0n) is 11.0. The zero-order chi connectivity index (χ0) is 14.5. The van der Waals surface area contributed by atoms with Crippen molar-refractivity contribution in [1.29, 1.82) is 0 Å². The molecule has 0 atom stereocenters. The summed E-state index contributed by atoms with van der Waals surface area (Å²) in [6, 6.07) is 8.52. The summed E-state index contributed by atoms with van der Waals surface area (Å²) < 4.78 is 14.2. The number of halogens is 2. The van der Waals surface area contributed by atoms with E-state index in [0.29, 0.717) is 17.4 Å². The summed E-state index contributed by atoms with van der Waals surface area (Å²) in [5, 5.41) is 0. The molecular formula is C15H14BrFN2O. The highest BCUT2D eigenvalue weighted by atomic mass is 79.9. The second-order valence-electron chi connectivity index (χ2n) is 4.43. The van der Waals surface area contributed by atoms with Crippen LogP contribution in [0.5, 0.6) is 0 Å². The van der Waals surface area contributed by atoms with Crippen LogP contribution in [-0.2, 0) is 6.42 Å². The molecule has 2 rings (SSSR count). The molecule has 1 aromatic heterocycles. The normalized spacial score (nSPS) is 10.3. The lowest BCUT2D eigenvalue weighted by Gasteiger charge is -2.17. The summed E-state index contributed by atoms with van der Waals surface area (Å²) in [4.78, 5) is 17.7. The topological polar surface area (TPSA) is 33.2 Å². The maximum absolute atomic E-state index is 13.9. The number of hydrogen-bond donors (Lipinski definition) is 0. The van der Waals surface area contributed by atoms with Crippen molar-refractivity contribution >= 4 is 21.8 Å². The highest BCUT2D eigenvalue weighted by Crippen LogP contribution is 2.19. The Bertz CT molecular complexity index is 604. The molecule has 3 nitrogen and oxygen atoms in total. The third-order valence-electron chi connectivity index (χ3n) is 3.01. The average molecular weight is 337 g/mol. The van der Waals surface area contributed by atoms with E-state index in [2.05, 4.69) is 20.9 Å². The van der Waals surface area contributed by atoms with Gasteiger partial charge >= 0.3 is 0 Å². The van der Waals surface area contributed by atoms with Crippen LogP contribution < -0.4 is 0 Å². The van der Waals surface area contributed by atoms with Crippen LogP contribution in [-0.4, -0.2) is 29.4 Å². The van der Waals surface area contributed by atoms with Crippen LogP contribution in [0, 0.1) is 5.82 Å². The van der Waals surface area contributed by atoms with Crippen LogP contribution in [0.2, 0.25) is 0 Å². The van der Waals surface area contributed by atoms with Crippen LogP contribution in [0.25, 0.3) is 0 Å². The maximum atomic E-state index is 13.9. The number of aromatic nitrogens is 1. The third-order valence-corrected chi connectivity index (χ3v) is 3.63. The van der Waals surface area contributed by atoms with Gasteiger partial charge in [0.25, 0.3) is 5.91 Å². The van der Waals surface area contributed by atoms with Gasteiger partial charge in [0.15, 0.2) is 0 Å². The molecule has 0 aliphatic carbocycles. The predicted octanol–water partition coefficient (Wildman–Crippen LogP) is 3.30. The molecule has 0 fully saturated rings. The van der Waals surface area contributed by atoms with Gasteiger partial charge in [-0.2, -0.15) is 0 Å². The summed E-state index contributed by atoms with van der Waals surface area (Å²) >= 11 is 3.09. The number of benzene rings is 1. The SMILES string of the molecule is CN(CCc1ccncc1)C(=O)c1cccc(Br)c1F. The summed E-state index contributed by atoms with van der Waals surface area (Å²) in [6.07, 6.45) is 4.14. The number of carbonyl (C=O) groups is 1. The minimum Gasteiger partial charge on any atom is -0.341 e. The van der Waals surface area contributed by atoms with Gasteiger partial charge in [-0.25, -0.2) is 4.39 Å². The Hall–Kier alpha value is -1.75. The first-order valence-electron chi connectivity index (χ1n) is 6.18. The van der Waals surface area contributed by atoms with Gasteiger partial charge in [-0.15, -0.1) is 0 Å². The minimum atomic E-state index is -0.520. The fraction of sp³-hybridized carbons (Fsp3) is 0.200. The average Bonchev–Trinajstić information content (AvgIpc) is 2.48. The molecule has 0 spiro atoms. The zero-order valence-corrected chi connectivity index (χ0v) is 12.6.